The number of piperidine rings is 1. The number of carbonyl (C=O) groups excluding carboxylic acids is 2. The number of thiophene rings is 1. The van der Waals surface area contributed by atoms with E-state index in [2.05, 4.69) is 21.7 Å². The van der Waals surface area contributed by atoms with Crippen molar-refractivity contribution in [1.29, 1.82) is 0 Å². The number of hydrogen-bond acceptors (Lipinski definition) is 4. The Hall–Kier alpha value is -1.40. The minimum Gasteiger partial charge on any atom is -0.375 e. The van der Waals surface area contributed by atoms with E-state index < -0.39 is 0 Å². The second-order valence-electron chi connectivity index (χ2n) is 7.12. The van der Waals surface area contributed by atoms with Gasteiger partial charge < -0.3 is 14.5 Å². The molecule has 2 amide bonds. The van der Waals surface area contributed by atoms with Crippen LogP contribution >= 0.6 is 11.3 Å². The van der Waals surface area contributed by atoms with Crippen LogP contribution in [-0.2, 0) is 20.9 Å². The van der Waals surface area contributed by atoms with E-state index in [0.29, 0.717) is 19.1 Å². The van der Waals surface area contributed by atoms with E-state index in [0.717, 1.165) is 32.2 Å². The molecular weight excluding hydrogens is 336 g/mol. The molecule has 0 unspecified atom stereocenters. The van der Waals surface area contributed by atoms with Gasteiger partial charge in [0.15, 0.2) is 0 Å². The first kappa shape index (κ1) is 18.4. The van der Waals surface area contributed by atoms with E-state index in [1.54, 1.807) is 11.3 Å². The van der Waals surface area contributed by atoms with Crippen molar-refractivity contribution < 1.29 is 14.3 Å². The number of carbonyl (C=O) groups is 2. The molecule has 1 saturated carbocycles. The molecule has 1 aromatic heterocycles. The maximum Gasteiger partial charge on any atom is 0.248 e. The van der Waals surface area contributed by atoms with Crippen LogP contribution in [0.1, 0.15) is 44.1 Å². The van der Waals surface area contributed by atoms with Gasteiger partial charge in [-0.15, -0.1) is 0 Å². The Kier molecular flexibility index (Phi) is 6.48. The molecule has 1 aliphatic carbocycles. The lowest BCUT2D eigenvalue weighted by atomic mass is 9.94. The molecule has 2 fully saturated rings. The van der Waals surface area contributed by atoms with Gasteiger partial charge in [0.1, 0.15) is 6.61 Å². The summed E-state index contributed by atoms with van der Waals surface area (Å²) in [5.41, 5.74) is 1.23. The summed E-state index contributed by atoms with van der Waals surface area (Å²) in [6, 6.07) is 2.51. The van der Waals surface area contributed by atoms with Crippen LogP contribution < -0.4 is 0 Å². The normalized spacial score (nSPS) is 19.3. The van der Waals surface area contributed by atoms with Crippen molar-refractivity contribution in [2.24, 2.45) is 5.92 Å². The number of likely N-dealkylation sites (tertiary alicyclic amines) is 1. The highest BCUT2D eigenvalue weighted by Gasteiger charge is 2.34. The maximum absolute atomic E-state index is 13.2. The molecule has 2 aliphatic rings. The van der Waals surface area contributed by atoms with Gasteiger partial charge in [0, 0.05) is 38.7 Å². The third-order valence-electron chi connectivity index (χ3n) is 5.45. The Morgan fingerprint density at radius 3 is 2.56 bits per heavy atom. The van der Waals surface area contributed by atoms with Gasteiger partial charge in [-0.1, -0.05) is 12.8 Å². The van der Waals surface area contributed by atoms with E-state index in [-0.39, 0.29) is 24.3 Å². The lowest BCUT2D eigenvalue weighted by molar-refractivity contribution is -0.144. The molecule has 1 aromatic rings. The number of amides is 2. The molecule has 5 nitrogen and oxygen atoms in total. The molecule has 0 atom stereocenters. The molecule has 3 rings (SSSR count). The zero-order valence-corrected chi connectivity index (χ0v) is 15.8. The van der Waals surface area contributed by atoms with Crippen molar-refractivity contribution in [1.82, 2.24) is 9.80 Å². The first-order valence-electron chi connectivity index (χ1n) is 9.27. The molecule has 2 heterocycles. The van der Waals surface area contributed by atoms with E-state index in [1.165, 1.54) is 25.5 Å². The second kappa shape index (κ2) is 8.81. The molecule has 0 bridgehead atoms. The van der Waals surface area contributed by atoms with Gasteiger partial charge in [-0.3, -0.25) is 9.59 Å². The van der Waals surface area contributed by atoms with Gasteiger partial charge in [0.25, 0.3) is 0 Å². The minimum absolute atomic E-state index is 0.0271. The van der Waals surface area contributed by atoms with Crippen LogP contribution in [0.25, 0.3) is 0 Å². The average Bonchev–Trinajstić information content (AvgIpc) is 3.33. The molecule has 1 aliphatic heterocycles. The van der Waals surface area contributed by atoms with Crippen molar-refractivity contribution in [2.75, 3.05) is 26.8 Å². The van der Waals surface area contributed by atoms with Crippen molar-refractivity contribution in [3.8, 4) is 0 Å². The van der Waals surface area contributed by atoms with E-state index in [1.807, 2.05) is 4.90 Å². The molecule has 0 spiro atoms. The molecule has 1 saturated heterocycles. The first-order chi connectivity index (χ1) is 12.2. The molecule has 0 N–H and O–H groups in total. The van der Waals surface area contributed by atoms with Crippen LogP contribution in [0.5, 0.6) is 0 Å². The summed E-state index contributed by atoms with van der Waals surface area (Å²) in [4.78, 5) is 29.1. The number of methoxy groups -OCH3 is 1. The van der Waals surface area contributed by atoms with Gasteiger partial charge in [-0.05, 0) is 48.1 Å². The maximum atomic E-state index is 13.2. The quantitative estimate of drug-likeness (QED) is 0.780. The molecule has 0 radical (unpaired) electrons. The summed E-state index contributed by atoms with van der Waals surface area (Å²) in [7, 11) is 1.54. The Labute approximate surface area is 153 Å². The van der Waals surface area contributed by atoms with Crippen molar-refractivity contribution in [3.05, 3.63) is 22.4 Å². The summed E-state index contributed by atoms with van der Waals surface area (Å²) in [6.07, 6.45) is 6.23. The fourth-order valence-corrected chi connectivity index (χ4v) is 4.67. The Balaban J connectivity index is 1.61. The zero-order valence-electron chi connectivity index (χ0n) is 15.0. The van der Waals surface area contributed by atoms with Gasteiger partial charge in [-0.2, -0.15) is 11.3 Å². The Morgan fingerprint density at radius 2 is 1.96 bits per heavy atom. The Morgan fingerprint density at radius 1 is 1.24 bits per heavy atom. The van der Waals surface area contributed by atoms with Gasteiger partial charge in [0.2, 0.25) is 11.8 Å². The standard InChI is InChI=1S/C19H28N2O3S/c1-24-13-18(22)20-9-6-16(7-10-20)19(23)21(17-4-2-3-5-17)12-15-8-11-25-14-15/h8,11,14,16-17H,2-7,9-10,12-13H2,1H3. The topological polar surface area (TPSA) is 49.9 Å². The highest BCUT2D eigenvalue weighted by Crippen LogP contribution is 2.29. The smallest absolute Gasteiger partial charge is 0.248 e. The largest absolute Gasteiger partial charge is 0.375 e. The van der Waals surface area contributed by atoms with Crippen LogP contribution in [0, 0.1) is 5.92 Å². The number of ether oxygens (including phenoxy) is 1. The predicted molar refractivity (Wildman–Crippen MR) is 98.3 cm³/mol. The summed E-state index contributed by atoms with van der Waals surface area (Å²) in [5.74, 6) is 0.363. The van der Waals surface area contributed by atoms with E-state index in [4.69, 9.17) is 4.74 Å². The Bertz CT molecular complexity index is 561. The fraction of sp³-hybridized carbons (Fsp3) is 0.684. The second-order valence-corrected chi connectivity index (χ2v) is 7.90. The minimum atomic E-state index is 0.0271. The van der Waals surface area contributed by atoms with Gasteiger partial charge >= 0.3 is 0 Å². The number of rotatable bonds is 6. The first-order valence-corrected chi connectivity index (χ1v) is 10.2. The van der Waals surface area contributed by atoms with Crippen LogP contribution in [0.3, 0.4) is 0 Å². The molecule has 138 valence electrons. The van der Waals surface area contributed by atoms with Crippen LogP contribution in [0.2, 0.25) is 0 Å². The molecule has 6 heteroatoms. The van der Waals surface area contributed by atoms with Crippen LogP contribution in [0.15, 0.2) is 16.8 Å². The highest BCUT2D eigenvalue weighted by atomic mass is 32.1. The summed E-state index contributed by atoms with van der Waals surface area (Å²) in [5, 5.41) is 4.22. The molecule has 25 heavy (non-hydrogen) atoms. The van der Waals surface area contributed by atoms with Gasteiger partial charge in [0.05, 0.1) is 0 Å². The number of nitrogens with zero attached hydrogens (tertiary/aromatic N) is 2. The van der Waals surface area contributed by atoms with Crippen molar-refractivity contribution >= 4 is 23.2 Å². The lowest BCUT2D eigenvalue weighted by Crippen LogP contribution is -2.47. The zero-order chi connectivity index (χ0) is 17.6. The summed E-state index contributed by atoms with van der Waals surface area (Å²) in [6.45, 7) is 2.19. The number of hydrogen-bond donors (Lipinski definition) is 0. The molecular formula is C19H28N2O3S. The van der Waals surface area contributed by atoms with E-state index >= 15 is 0 Å². The van der Waals surface area contributed by atoms with Crippen molar-refractivity contribution in [3.63, 3.8) is 0 Å². The summed E-state index contributed by atoms with van der Waals surface area (Å²) >= 11 is 1.69. The molecule has 0 aromatic carbocycles. The predicted octanol–water partition coefficient (Wildman–Crippen LogP) is 2.90. The lowest BCUT2D eigenvalue weighted by Gasteiger charge is -2.36. The summed E-state index contributed by atoms with van der Waals surface area (Å²) < 4.78 is 4.93. The average molecular weight is 365 g/mol. The van der Waals surface area contributed by atoms with E-state index in [9.17, 15) is 9.59 Å². The van der Waals surface area contributed by atoms with Crippen LogP contribution in [-0.4, -0.2) is 54.5 Å². The van der Waals surface area contributed by atoms with Crippen LogP contribution in [0.4, 0.5) is 0 Å². The fourth-order valence-electron chi connectivity index (χ4n) is 4.01. The third kappa shape index (κ3) is 4.61. The highest BCUT2D eigenvalue weighted by molar-refractivity contribution is 7.07. The van der Waals surface area contributed by atoms with Gasteiger partial charge in [-0.25, -0.2) is 0 Å². The monoisotopic (exact) mass is 364 g/mol. The van der Waals surface area contributed by atoms with Crippen molar-refractivity contribution in [2.45, 2.75) is 51.1 Å². The third-order valence-corrected chi connectivity index (χ3v) is 6.18. The SMILES string of the molecule is COCC(=O)N1CCC(C(=O)N(Cc2ccsc2)C2CCCC2)CC1.